The summed E-state index contributed by atoms with van der Waals surface area (Å²) in [6.45, 7) is 2.83. The average molecular weight is 379 g/mol. The number of furan rings is 1. The summed E-state index contributed by atoms with van der Waals surface area (Å²) in [5, 5.41) is 4.58. The average Bonchev–Trinajstić information content (AvgIpc) is 3.17. The summed E-state index contributed by atoms with van der Waals surface area (Å²) in [5.74, 6) is -3.66. The lowest BCUT2D eigenvalue weighted by Gasteiger charge is -2.24. The number of likely N-dealkylation sites (N-methyl/N-ethyl adjacent to an activating group) is 1. The maximum Gasteiger partial charge on any atom is 0.287 e. The molecule has 1 aromatic heterocycles. The summed E-state index contributed by atoms with van der Waals surface area (Å²) >= 11 is 0. The van der Waals surface area contributed by atoms with Crippen LogP contribution < -0.4 is 10.6 Å². The third-order valence-electron chi connectivity index (χ3n) is 3.72. The van der Waals surface area contributed by atoms with Crippen molar-refractivity contribution in [2.24, 2.45) is 0 Å². The minimum atomic E-state index is -0.930. The van der Waals surface area contributed by atoms with Crippen LogP contribution in [0.1, 0.15) is 24.4 Å². The molecular weight excluding hydrogens is 360 g/mol. The molecular formula is C18H19F2N3O4. The SMILES string of the molecule is CCN(CC(=O)Nc1c(F)cccc1F)C(=O)C(C)NC(=O)c1ccco1. The van der Waals surface area contributed by atoms with E-state index in [1.54, 1.807) is 6.92 Å². The molecule has 0 saturated carbocycles. The molecule has 7 nitrogen and oxygen atoms in total. The fourth-order valence-electron chi connectivity index (χ4n) is 2.33. The Morgan fingerprint density at radius 2 is 1.81 bits per heavy atom. The van der Waals surface area contributed by atoms with Crippen molar-refractivity contribution in [2.45, 2.75) is 19.9 Å². The van der Waals surface area contributed by atoms with Gasteiger partial charge < -0.3 is 20.0 Å². The second-order valence-corrected chi connectivity index (χ2v) is 5.67. The minimum absolute atomic E-state index is 0.0467. The van der Waals surface area contributed by atoms with Crippen LogP contribution in [0.5, 0.6) is 0 Å². The van der Waals surface area contributed by atoms with Gasteiger partial charge >= 0.3 is 0 Å². The molecule has 1 atom stereocenters. The number of anilines is 1. The van der Waals surface area contributed by atoms with E-state index >= 15 is 0 Å². The zero-order valence-electron chi connectivity index (χ0n) is 14.8. The lowest BCUT2D eigenvalue weighted by Crippen LogP contribution is -2.49. The zero-order chi connectivity index (χ0) is 20.0. The van der Waals surface area contributed by atoms with Gasteiger partial charge in [0.15, 0.2) is 5.76 Å². The Hall–Kier alpha value is -3.23. The summed E-state index contributed by atoms with van der Waals surface area (Å²) in [4.78, 5) is 37.6. The molecule has 0 aliphatic rings. The summed E-state index contributed by atoms with van der Waals surface area (Å²) in [5.41, 5.74) is -0.579. The Morgan fingerprint density at radius 3 is 2.37 bits per heavy atom. The van der Waals surface area contributed by atoms with Crippen LogP contribution in [0.3, 0.4) is 0 Å². The molecule has 1 unspecified atom stereocenters. The number of para-hydroxylation sites is 1. The van der Waals surface area contributed by atoms with E-state index in [1.807, 2.05) is 0 Å². The third-order valence-corrected chi connectivity index (χ3v) is 3.72. The highest BCUT2D eigenvalue weighted by Crippen LogP contribution is 2.17. The van der Waals surface area contributed by atoms with E-state index in [1.165, 1.54) is 31.4 Å². The van der Waals surface area contributed by atoms with E-state index in [9.17, 15) is 23.2 Å². The standard InChI is InChI=1S/C18H19F2N3O4/c1-3-23(10-15(24)22-16-12(19)6-4-7-13(16)20)18(26)11(2)21-17(25)14-8-5-9-27-14/h4-9,11H,3,10H2,1-2H3,(H,21,25)(H,22,24). The molecule has 144 valence electrons. The number of nitrogens with one attached hydrogen (secondary N) is 2. The van der Waals surface area contributed by atoms with Crippen LogP contribution in [0.4, 0.5) is 14.5 Å². The van der Waals surface area contributed by atoms with Crippen LogP contribution in [0.2, 0.25) is 0 Å². The van der Waals surface area contributed by atoms with Crippen molar-refractivity contribution in [1.82, 2.24) is 10.2 Å². The molecule has 0 spiro atoms. The normalized spacial score (nSPS) is 11.6. The van der Waals surface area contributed by atoms with Crippen molar-refractivity contribution in [2.75, 3.05) is 18.4 Å². The van der Waals surface area contributed by atoms with Crippen molar-refractivity contribution in [3.05, 3.63) is 54.0 Å². The van der Waals surface area contributed by atoms with Gasteiger partial charge in [-0.25, -0.2) is 8.78 Å². The number of hydrogen-bond donors (Lipinski definition) is 2. The van der Waals surface area contributed by atoms with Gasteiger partial charge in [-0.2, -0.15) is 0 Å². The summed E-state index contributed by atoms with van der Waals surface area (Å²) in [7, 11) is 0. The number of nitrogens with zero attached hydrogens (tertiary/aromatic N) is 1. The predicted molar refractivity (Wildman–Crippen MR) is 92.9 cm³/mol. The quantitative estimate of drug-likeness (QED) is 0.771. The molecule has 0 radical (unpaired) electrons. The van der Waals surface area contributed by atoms with Gasteiger partial charge in [0.1, 0.15) is 23.4 Å². The Labute approximate surface area is 154 Å². The molecule has 2 N–H and O–H groups in total. The predicted octanol–water partition coefficient (Wildman–Crippen LogP) is 2.16. The van der Waals surface area contributed by atoms with E-state index in [2.05, 4.69) is 10.6 Å². The van der Waals surface area contributed by atoms with E-state index < -0.39 is 47.6 Å². The highest BCUT2D eigenvalue weighted by molar-refractivity contribution is 5.98. The van der Waals surface area contributed by atoms with Gasteiger partial charge in [0.05, 0.1) is 12.8 Å². The fourth-order valence-corrected chi connectivity index (χ4v) is 2.33. The lowest BCUT2D eigenvalue weighted by atomic mass is 10.2. The van der Waals surface area contributed by atoms with Crippen LogP contribution in [0, 0.1) is 11.6 Å². The highest BCUT2D eigenvalue weighted by atomic mass is 19.1. The van der Waals surface area contributed by atoms with Crippen LogP contribution >= 0.6 is 0 Å². The Balaban J connectivity index is 1.97. The molecule has 0 bridgehead atoms. The summed E-state index contributed by atoms with van der Waals surface area (Å²) in [6, 6.07) is 5.24. The first kappa shape index (κ1) is 20.1. The van der Waals surface area contributed by atoms with E-state index in [0.29, 0.717) is 0 Å². The first-order valence-corrected chi connectivity index (χ1v) is 8.20. The first-order chi connectivity index (χ1) is 12.8. The molecule has 3 amide bonds. The topological polar surface area (TPSA) is 91.7 Å². The maximum absolute atomic E-state index is 13.6. The molecule has 0 fully saturated rings. The minimum Gasteiger partial charge on any atom is -0.459 e. The first-order valence-electron chi connectivity index (χ1n) is 8.20. The van der Waals surface area contributed by atoms with Gasteiger partial charge in [-0.3, -0.25) is 14.4 Å². The molecule has 1 aromatic carbocycles. The number of carbonyl (C=O) groups is 3. The van der Waals surface area contributed by atoms with E-state index in [4.69, 9.17) is 4.42 Å². The molecule has 2 aromatic rings. The number of benzene rings is 1. The van der Waals surface area contributed by atoms with Gasteiger partial charge in [0.25, 0.3) is 5.91 Å². The van der Waals surface area contributed by atoms with Gasteiger partial charge in [0, 0.05) is 6.54 Å². The van der Waals surface area contributed by atoms with Gasteiger partial charge in [-0.1, -0.05) is 6.07 Å². The van der Waals surface area contributed by atoms with Crippen LogP contribution in [-0.4, -0.2) is 41.8 Å². The number of amides is 3. The molecule has 0 aliphatic heterocycles. The van der Waals surface area contributed by atoms with E-state index in [-0.39, 0.29) is 12.3 Å². The molecule has 0 aliphatic carbocycles. The van der Waals surface area contributed by atoms with Gasteiger partial charge in [-0.05, 0) is 38.1 Å². The Kier molecular flexibility index (Phi) is 6.64. The number of hydrogen-bond acceptors (Lipinski definition) is 4. The molecule has 2 rings (SSSR count). The van der Waals surface area contributed by atoms with Gasteiger partial charge in [0.2, 0.25) is 11.8 Å². The monoisotopic (exact) mass is 379 g/mol. The lowest BCUT2D eigenvalue weighted by molar-refractivity contribution is -0.135. The smallest absolute Gasteiger partial charge is 0.287 e. The summed E-state index contributed by atoms with van der Waals surface area (Å²) in [6.07, 6.45) is 1.33. The van der Waals surface area contributed by atoms with Crippen molar-refractivity contribution in [1.29, 1.82) is 0 Å². The Morgan fingerprint density at radius 1 is 1.15 bits per heavy atom. The van der Waals surface area contributed by atoms with Crippen molar-refractivity contribution in [3.63, 3.8) is 0 Å². The van der Waals surface area contributed by atoms with Crippen molar-refractivity contribution < 1.29 is 27.6 Å². The largest absolute Gasteiger partial charge is 0.459 e. The second-order valence-electron chi connectivity index (χ2n) is 5.67. The van der Waals surface area contributed by atoms with Gasteiger partial charge in [-0.15, -0.1) is 0 Å². The number of halogens is 2. The van der Waals surface area contributed by atoms with Crippen molar-refractivity contribution in [3.8, 4) is 0 Å². The number of carbonyl (C=O) groups excluding carboxylic acids is 3. The molecule has 1 heterocycles. The zero-order valence-corrected chi connectivity index (χ0v) is 14.8. The second kappa shape index (κ2) is 8.93. The van der Waals surface area contributed by atoms with Crippen LogP contribution in [0.25, 0.3) is 0 Å². The molecule has 27 heavy (non-hydrogen) atoms. The van der Waals surface area contributed by atoms with Crippen molar-refractivity contribution >= 4 is 23.4 Å². The Bertz CT molecular complexity index is 804. The number of rotatable bonds is 7. The third kappa shape index (κ3) is 5.13. The summed E-state index contributed by atoms with van der Waals surface area (Å²) < 4.78 is 32.2. The van der Waals surface area contributed by atoms with E-state index in [0.717, 1.165) is 17.0 Å². The molecule has 0 saturated heterocycles. The maximum atomic E-state index is 13.6. The van der Waals surface area contributed by atoms with Crippen LogP contribution in [0.15, 0.2) is 41.0 Å². The fraction of sp³-hybridized carbons (Fsp3) is 0.278. The van der Waals surface area contributed by atoms with Crippen LogP contribution in [-0.2, 0) is 9.59 Å². The molecule has 9 heteroatoms. The highest BCUT2D eigenvalue weighted by Gasteiger charge is 2.24.